The summed E-state index contributed by atoms with van der Waals surface area (Å²) < 4.78 is 0. The van der Waals surface area contributed by atoms with Gasteiger partial charge in [-0.2, -0.15) is 4.98 Å². The van der Waals surface area contributed by atoms with Gasteiger partial charge in [0.15, 0.2) is 0 Å². The van der Waals surface area contributed by atoms with Gasteiger partial charge in [-0.1, -0.05) is 49.4 Å². The summed E-state index contributed by atoms with van der Waals surface area (Å²) in [5.74, 6) is 2.47. The maximum atomic E-state index is 4.80. The van der Waals surface area contributed by atoms with Crippen LogP contribution in [0, 0.1) is 12.8 Å². The molecule has 1 fully saturated rings. The maximum absolute atomic E-state index is 4.80. The maximum Gasteiger partial charge on any atom is 0.225 e. The highest BCUT2D eigenvalue weighted by molar-refractivity contribution is 5.90. The van der Waals surface area contributed by atoms with Crippen molar-refractivity contribution in [3.05, 3.63) is 59.7 Å². The molecule has 0 radical (unpaired) electrons. The highest BCUT2D eigenvalue weighted by Gasteiger charge is 2.22. The average molecular weight is 420 g/mol. The highest BCUT2D eigenvalue weighted by atomic mass is 15.2. The molecule has 0 atom stereocenters. The second-order valence-corrected chi connectivity index (χ2v) is 8.76. The number of fused-ring (bicyclic) bond motifs is 1. The van der Waals surface area contributed by atoms with Crippen LogP contribution in [-0.2, 0) is 6.54 Å². The largest absolute Gasteiger partial charge is 0.362 e. The van der Waals surface area contributed by atoms with E-state index < -0.39 is 0 Å². The Morgan fingerprint density at radius 1 is 0.968 bits per heavy atom. The summed E-state index contributed by atoms with van der Waals surface area (Å²) in [5, 5.41) is 8.35. The predicted molar refractivity (Wildman–Crippen MR) is 133 cm³/mol. The molecule has 166 valence electrons. The summed E-state index contributed by atoms with van der Waals surface area (Å²) in [6.07, 6.45) is 4.83. The fraction of sp³-hybridized carbons (Fsp3) is 0.462. The van der Waals surface area contributed by atoms with Crippen molar-refractivity contribution in [2.45, 2.75) is 52.6 Å². The first-order chi connectivity index (χ1) is 14.6. The molecule has 2 N–H and O–H groups in total. The van der Waals surface area contributed by atoms with Crippen LogP contribution in [0.1, 0.15) is 44.2 Å². The van der Waals surface area contributed by atoms with Crippen LogP contribution in [0.15, 0.2) is 48.5 Å². The number of anilines is 2. The Bertz CT molecular complexity index is 976. The average Bonchev–Trinajstić information content (AvgIpc) is 2.74. The molecule has 0 spiro atoms. The van der Waals surface area contributed by atoms with E-state index in [1.165, 1.54) is 36.8 Å². The number of para-hydroxylation sites is 1. The number of nitrogens with one attached hydrogen (secondary N) is 2. The van der Waals surface area contributed by atoms with E-state index >= 15 is 0 Å². The van der Waals surface area contributed by atoms with Crippen LogP contribution >= 0.6 is 0 Å². The molecular weight excluding hydrogens is 382 g/mol. The first-order valence-corrected chi connectivity index (χ1v) is 11.1. The summed E-state index contributed by atoms with van der Waals surface area (Å²) in [6, 6.07) is 17.4. The first-order valence-electron chi connectivity index (χ1n) is 11.1. The fourth-order valence-electron chi connectivity index (χ4n) is 4.40. The normalized spacial score (nSPS) is 18.4. The van der Waals surface area contributed by atoms with Gasteiger partial charge in [-0.25, -0.2) is 4.98 Å². The number of rotatable bonds is 7. The van der Waals surface area contributed by atoms with Crippen LogP contribution in [0.2, 0.25) is 0 Å². The molecule has 2 aromatic carbocycles. The van der Waals surface area contributed by atoms with E-state index in [-0.39, 0.29) is 7.43 Å². The molecule has 0 aliphatic heterocycles. The zero-order valence-electron chi connectivity index (χ0n) is 18.4. The topological polar surface area (TPSA) is 53.1 Å². The Morgan fingerprint density at radius 2 is 1.74 bits per heavy atom. The van der Waals surface area contributed by atoms with Crippen molar-refractivity contribution in [3.8, 4) is 0 Å². The van der Waals surface area contributed by atoms with E-state index in [9.17, 15) is 0 Å². The van der Waals surface area contributed by atoms with Crippen molar-refractivity contribution in [2.75, 3.05) is 30.9 Å². The lowest BCUT2D eigenvalue weighted by atomic mass is 9.86. The zero-order chi connectivity index (χ0) is 20.9. The third-order valence-electron chi connectivity index (χ3n) is 6.03. The lowest BCUT2D eigenvalue weighted by molar-refractivity contribution is 0.324. The molecule has 1 heterocycles. The van der Waals surface area contributed by atoms with Gasteiger partial charge in [0.25, 0.3) is 0 Å². The Balaban J connectivity index is 0.00000272. The quantitative estimate of drug-likeness (QED) is 0.537. The third-order valence-corrected chi connectivity index (χ3v) is 6.03. The van der Waals surface area contributed by atoms with E-state index in [1.54, 1.807) is 0 Å². The van der Waals surface area contributed by atoms with E-state index in [0.717, 1.165) is 41.7 Å². The first kappa shape index (κ1) is 23.0. The van der Waals surface area contributed by atoms with Crippen LogP contribution in [0.3, 0.4) is 0 Å². The van der Waals surface area contributed by atoms with Crippen molar-refractivity contribution in [1.29, 1.82) is 0 Å². The molecule has 1 aliphatic rings. The Hall–Kier alpha value is -2.66. The molecule has 0 unspecified atom stereocenters. The highest BCUT2D eigenvalue weighted by Crippen LogP contribution is 2.28. The summed E-state index contributed by atoms with van der Waals surface area (Å²) in [4.78, 5) is 11.6. The minimum atomic E-state index is 0. The van der Waals surface area contributed by atoms with E-state index in [0.29, 0.717) is 6.04 Å². The van der Waals surface area contributed by atoms with E-state index in [2.05, 4.69) is 58.9 Å². The summed E-state index contributed by atoms with van der Waals surface area (Å²) in [5.41, 5.74) is 3.69. The molecule has 1 saturated carbocycles. The number of hydrogen-bond donors (Lipinski definition) is 2. The van der Waals surface area contributed by atoms with Crippen molar-refractivity contribution < 1.29 is 0 Å². The van der Waals surface area contributed by atoms with Crippen LogP contribution in [0.5, 0.6) is 0 Å². The van der Waals surface area contributed by atoms with Crippen molar-refractivity contribution in [2.24, 2.45) is 5.92 Å². The van der Waals surface area contributed by atoms with Gasteiger partial charge in [-0.15, -0.1) is 0 Å². The lowest BCUT2D eigenvalue weighted by Crippen LogP contribution is -2.31. The Kier molecular flexibility index (Phi) is 7.85. The molecule has 5 nitrogen and oxygen atoms in total. The summed E-state index contributed by atoms with van der Waals surface area (Å²) in [6.45, 7) is 4.20. The Morgan fingerprint density at radius 3 is 2.48 bits per heavy atom. The number of nitrogens with zero attached hydrogens (tertiary/aromatic N) is 3. The van der Waals surface area contributed by atoms with Gasteiger partial charge in [0.05, 0.1) is 5.52 Å². The number of benzene rings is 2. The third kappa shape index (κ3) is 5.95. The molecule has 3 aromatic rings. The molecule has 5 heteroatoms. The molecule has 1 aliphatic carbocycles. The molecule has 1 aromatic heterocycles. The molecule has 0 bridgehead atoms. The number of hydrogen-bond acceptors (Lipinski definition) is 5. The molecule has 0 amide bonds. The van der Waals surface area contributed by atoms with Gasteiger partial charge in [0.1, 0.15) is 5.82 Å². The predicted octanol–water partition coefficient (Wildman–Crippen LogP) is 5.40. The molecule has 0 saturated heterocycles. The van der Waals surface area contributed by atoms with Crippen molar-refractivity contribution >= 4 is 22.7 Å². The lowest BCUT2D eigenvalue weighted by Gasteiger charge is -2.29. The number of aryl methyl sites for hydroxylation is 1. The van der Waals surface area contributed by atoms with Gasteiger partial charge in [0.2, 0.25) is 5.95 Å². The second-order valence-electron chi connectivity index (χ2n) is 8.76. The molecule has 31 heavy (non-hydrogen) atoms. The minimum Gasteiger partial charge on any atom is -0.362 e. The van der Waals surface area contributed by atoms with Gasteiger partial charge in [-0.05, 0) is 62.8 Å². The standard InChI is InChI=1S/C25H33N5.CH4/c1-18-7-6-8-20(15-18)17-26-16-19-11-13-21(14-12-19)27-25-28-23-10-5-4-9-22(23)24(29-25)30(2)3;/h4-10,15,19,21,26H,11-14,16-17H2,1-3H3,(H,27,28,29);1H4. The van der Waals surface area contributed by atoms with Crippen LogP contribution in [0.4, 0.5) is 11.8 Å². The number of aromatic nitrogens is 2. The second kappa shape index (κ2) is 10.6. The van der Waals surface area contributed by atoms with Gasteiger partial charge >= 0.3 is 0 Å². The minimum absolute atomic E-state index is 0. The summed E-state index contributed by atoms with van der Waals surface area (Å²) in [7, 11) is 4.07. The summed E-state index contributed by atoms with van der Waals surface area (Å²) >= 11 is 0. The smallest absolute Gasteiger partial charge is 0.225 e. The van der Waals surface area contributed by atoms with Crippen LogP contribution in [0.25, 0.3) is 10.9 Å². The Labute approximate surface area is 187 Å². The van der Waals surface area contributed by atoms with Gasteiger partial charge in [0, 0.05) is 32.1 Å². The van der Waals surface area contributed by atoms with Crippen molar-refractivity contribution in [3.63, 3.8) is 0 Å². The molecule has 4 rings (SSSR count). The fourth-order valence-corrected chi connectivity index (χ4v) is 4.40. The van der Waals surface area contributed by atoms with Gasteiger partial charge in [-0.3, -0.25) is 0 Å². The van der Waals surface area contributed by atoms with Crippen LogP contribution in [-0.4, -0.2) is 36.6 Å². The van der Waals surface area contributed by atoms with E-state index in [1.807, 2.05) is 26.2 Å². The van der Waals surface area contributed by atoms with Crippen molar-refractivity contribution in [1.82, 2.24) is 15.3 Å². The van der Waals surface area contributed by atoms with Gasteiger partial charge < -0.3 is 15.5 Å². The van der Waals surface area contributed by atoms with Crippen LogP contribution < -0.4 is 15.5 Å². The van der Waals surface area contributed by atoms with E-state index in [4.69, 9.17) is 9.97 Å². The monoisotopic (exact) mass is 419 g/mol. The zero-order valence-corrected chi connectivity index (χ0v) is 18.4. The SMILES string of the molecule is C.Cc1cccc(CNCC2CCC(Nc3nc(N(C)C)c4ccccc4n3)CC2)c1. The molecular formula is C26H37N5.